The van der Waals surface area contributed by atoms with Gasteiger partial charge in [-0.15, -0.1) is 0 Å². The van der Waals surface area contributed by atoms with E-state index in [1.807, 2.05) is 57.0 Å². The molecule has 86 heavy (non-hydrogen) atoms. The number of nitrogens with zero attached hydrogens (tertiary/aromatic N) is 5. The number of hydrogen-bond acceptors (Lipinski definition) is 13. The van der Waals surface area contributed by atoms with Gasteiger partial charge in [0, 0.05) is 42.5 Å². The van der Waals surface area contributed by atoms with E-state index in [4.69, 9.17) is 34.0 Å². The summed E-state index contributed by atoms with van der Waals surface area (Å²) < 4.78 is 42.1. The summed E-state index contributed by atoms with van der Waals surface area (Å²) in [5, 5.41) is 3.38. The monoisotopic (exact) mass is 1210 g/mol. The Morgan fingerprint density at radius 2 is 1.35 bits per heavy atom. The van der Waals surface area contributed by atoms with Crippen molar-refractivity contribution >= 4 is 60.0 Å². The Labute approximate surface area is 513 Å². The Balaban J connectivity index is 1.07. The Morgan fingerprint density at radius 3 is 1.99 bits per heavy atom. The highest BCUT2D eigenvalue weighted by molar-refractivity contribution is 7.45. The highest BCUT2D eigenvalue weighted by Gasteiger charge is 2.24. The number of anilines is 2. The van der Waals surface area contributed by atoms with Crippen LogP contribution in [0.5, 0.6) is 0 Å². The van der Waals surface area contributed by atoms with Gasteiger partial charge in [-0.1, -0.05) is 146 Å². The van der Waals surface area contributed by atoms with Gasteiger partial charge in [0.1, 0.15) is 24.8 Å². The van der Waals surface area contributed by atoms with Crippen LogP contribution in [0.4, 0.5) is 16.2 Å². The second kappa shape index (κ2) is 39.8. The van der Waals surface area contributed by atoms with Crippen LogP contribution in [0.1, 0.15) is 196 Å². The summed E-state index contributed by atoms with van der Waals surface area (Å²) in [6, 6.07) is 21.5. The molecule has 3 aromatic carbocycles. The Hall–Kier alpha value is -5.91. The summed E-state index contributed by atoms with van der Waals surface area (Å²) in [5.41, 5.74) is 9.86. The van der Waals surface area contributed by atoms with Crippen LogP contribution >= 0.6 is 7.82 Å². The van der Waals surface area contributed by atoms with E-state index in [0.29, 0.717) is 58.8 Å². The number of likely N-dealkylation sites (N-methyl/N-ethyl adjacent to an activating group) is 1. The van der Waals surface area contributed by atoms with E-state index in [1.54, 1.807) is 48.5 Å². The van der Waals surface area contributed by atoms with Crippen molar-refractivity contribution in [2.24, 2.45) is 29.6 Å². The maximum atomic E-state index is 14.4. The van der Waals surface area contributed by atoms with Crippen molar-refractivity contribution in [1.82, 2.24) is 9.55 Å². The van der Waals surface area contributed by atoms with Crippen LogP contribution in [0.2, 0.25) is 0 Å². The second-order valence-electron chi connectivity index (χ2n) is 24.1. The number of phosphoric ester groups is 1. The van der Waals surface area contributed by atoms with E-state index in [9.17, 15) is 28.6 Å². The minimum Gasteiger partial charge on any atom is -0.756 e. The lowest BCUT2D eigenvalue weighted by atomic mass is 9.86. The number of hydrogen-bond donors (Lipinski definition) is 2. The first kappa shape index (κ1) is 70.8. The number of para-hydroxylation sites is 1. The van der Waals surface area contributed by atoms with Crippen LogP contribution in [0, 0.1) is 11.8 Å². The van der Waals surface area contributed by atoms with Gasteiger partial charge in [0.05, 0.1) is 77.5 Å². The van der Waals surface area contributed by atoms with Gasteiger partial charge in [0.25, 0.3) is 13.7 Å². The lowest BCUT2D eigenvalue weighted by Gasteiger charge is -2.28. The van der Waals surface area contributed by atoms with Gasteiger partial charge in [0.15, 0.2) is 0 Å². The SMILES string of the molecule is CCCCCCCC/C=C/CCCCCCCCCCCC(=O)OCC(COC(=O)CCN(C(=O)c1ccc2c(c1)nc(CNc1ccc(/C(N)=N/C(=O)OCCCC3CCCCC3)cc1)n2C)c1ccccc1)COP(=O)([O-])OCC[N+](C)(C)C. The molecule has 1 aromatic heterocycles. The van der Waals surface area contributed by atoms with Crippen LogP contribution in [-0.4, -0.2) is 111 Å². The number of fused-ring (bicyclic) bond motifs is 1. The highest BCUT2D eigenvalue weighted by atomic mass is 31.2. The van der Waals surface area contributed by atoms with E-state index < -0.39 is 38.4 Å². The molecule has 0 saturated heterocycles. The third-order valence-electron chi connectivity index (χ3n) is 15.7. The van der Waals surface area contributed by atoms with E-state index in [-0.39, 0.29) is 50.9 Å². The fourth-order valence-electron chi connectivity index (χ4n) is 10.4. The first-order valence-electron chi connectivity index (χ1n) is 32.0. The molecule has 1 heterocycles. The third-order valence-corrected chi connectivity index (χ3v) is 16.7. The van der Waals surface area contributed by atoms with Gasteiger partial charge >= 0.3 is 18.0 Å². The van der Waals surface area contributed by atoms with Crippen LogP contribution in [-0.2, 0) is 51.0 Å². The highest BCUT2D eigenvalue weighted by Crippen LogP contribution is 2.39. The third kappa shape index (κ3) is 28.7. The number of phosphoric acid groups is 1. The van der Waals surface area contributed by atoms with Crippen molar-refractivity contribution in [3.8, 4) is 0 Å². The van der Waals surface area contributed by atoms with Crippen molar-refractivity contribution in [3.05, 3.63) is 102 Å². The molecule has 2 unspecified atom stereocenters. The van der Waals surface area contributed by atoms with Crippen LogP contribution in [0.15, 0.2) is 89.9 Å². The normalized spacial score (nSPS) is 14.3. The standard InChI is InChI=1S/C67H102N7O11P/c1-6-7-8-9-10-11-12-13-14-15-16-17-18-19-20-21-22-23-30-37-63(75)82-51-55(53-85-86(79,80)84-48-46-74(3,4)5)52-83-64(76)44-45-73(59-35-28-25-29-36-59)66(77)57-40-43-61-60(49-57)70-62(72(61)2)50-69-58-41-38-56(39-42-58)65(68)71-67(78)81-47-31-34-54-32-26-24-27-33-54/h13-14,25,28-29,35-36,38-43,49,54-55H,6-12,15-24,26-27,30-34,37,44-48,50-53H2,1-5H3,(H3-,68,69,71,78,79,80)/b14-13+. The molecule has 3 N–H and O–H groups in total. The average molecular weight is 1210 g/mol. The maximum absolute atomic E-state index is 14.4. The van der Waals surface area contributed by atoms with Gasteiger partial charge in [-0.25, -0.2) is 9.78 Å². The number of amides is 2. The smallest absolute Gasteiger partial charge is 0.435 e. The number of carbonyl (C=O) groups is 4. The molecule has 19 heteroatoms. The Kier molecular flexibility index (Phi) is 32.8. The van der Waals surface area contributed by atoms with Crippen molar-refractivity contribution in [2.45, 2.75) is 180 Å². The number of allylic oxidation sites excluding steroid dienone is 2. The number of nitrogens with two attached hydrogens (primary N) is 1. The number of unbranched alkanes of at least 4 members (excludes halogenated alkanes) is 15. The first-order chi connectivity index (χ1) is 41.5. The number of esters is 2. The zero-order chi connectivity index (χ0) is 61.8. The summed E-state index contributed by atoms with van der Waals surface area (Å²) in [4.78, 5) is 76.2. The Bertz CT molecular complexity index is 2720. The van der Waals surface area contributed by atoms with Crippen LogP contribution in [0.3, 0.4) is 0 Å². The van der Waals surface area contributed by atoms with Crippen molar-refractivity contribution in [1.29, 1.82) is 0 Å². The molecule has 4 aromatic rings. The van der Waals surface area contributed by atoms with Crippen molar-refractivity contribution in [2.75, 3.05) is 77.5 Å². The first-order valence-corrected chi connectivity index (χ1v) is 33.5. The predicted molar refractivity (Wildman–Crippen MR) is 341 cm³/mol. The number of nitrogens with one attached hydrogen (secondary N) is 1. The van der Waals surface area contributed by atoms with Gasteiger partial charge in [-0.2, -0.15) is 4.99 Å². The summed E-state index contributed by atoms with van der Waals surface area (Å²) in [6.45, 7) is 2.25. The molecule has 2 atom stereocenters. The molecule has 0 radical (unpaired) electrons. The summed E-state index contributed by atoms with van der Waals surface area (Å²) in [5.74, 6) is -0.748. The van der Waals surface area contributed by atoms with Gasteiger partial charge in [-0.3, -0.25) is 18.9 Å². The summed E-state index contributed by atoms with van der Waals surface area (Å²) >= 11 is 0. The van der Waals surface area contributed by atoms with Crippen LogP contribution in [0.25, 0.3) is 11.0 Å². The van der Waals surface area contributed by atoms with E-state index in [2.05, 4.69) is 29.4 Å². The molecule has 0 aliphatic heterocycles. The number of aromatic nitrogens is 2. The lowest BCUT2D eigenvalue weighted by molar-refractivity contribution is -0.870. The largest absolute Gasteiger partial charge is 0.756 e. The van der Waals surface area contributed by atoms with E-state index in [1.165, 1.54) is 120 Å². The maximum Gasteiger partial charge on any atom is 0.435 e. The molecule has 0 bridgehead atoms. The van der Waals surface area contributed by atoms with E-state index in [0.717, 1.165) is 49.2 Å². The number of carbonyl (C=O) groups excluding carboxylic acids is 4. The van der Waals surface area contributed by atoms with Crippen molar-refractivity contribution in [3.63, 3.8) is 0 Å². The number of benzene rings is 3. The minimum atomic E-state index is -4.74. The number of rotatable bonds is 43. The van der Waals surface area contributed by atoms with Gasteiger partial charge in [-0.05, 0) is 105 Å². The number of aliphatic imine (C=N–C) groups is 1. The molecule has 1 aliphatic rings. The molecule has 2 amide bonds. The fraction of sp³-hybridized carbons (Fsp3) is 0.612. The molecular formula is C67H102N7O11P. The second-order valence-corrected chi connectivity index (χ2v) is 25.5. The number of ether oxygens (including phenoxy) is 3. The summed E-state index contributed by atoms with van der Waals surface area (Å²) in [6.07, 6.45) is 32.6. The molecule has 0 spiro atoms. The molecule has 1 saturated carbocycles. The molecule has 476 valence electrons. The van der Waals surface area contributed by atoms with Crippen LogP contribution < -0.4 is 20.8 Å². The zero-order valence-electron chi connectivity index (χ0n) is 52.5. The number of imidazole rings is 1. The fourth-order valence-corrected chi connectivity index (χ4v) is 11.2. The number of amidine groups is 1. The number of quaternary nitrogens is 1. The Morgan fingerprint density at radius 1 is 0.744 bits per heavy atom. The zero-order valence-corrected chi connectivity index (χ0v) is 53.4. The molecule has 1 fully saturated rings. The van der Waals surface area contributed by atoms with E-state index >= 15 is 0 Å². The minimum absolute atomic E-state index is 0.0405. The predicted octanol–water partition coefficient (Wildman–Crippen LogP) is 13.9. The number of aryl methyl sites for hydroxylation is 1. The molecule has 18 nitrogen and oxygen atoms in total. The van der Waals surface area contributed by atoms with Gasteiger partial charge < -0.3 is 53.2 Å². The van der Waals surface area contributed by atoms with Gasteiger partial charge in [0.2, 0.25) is 0 Å². The molecule has 1 aliphatic carbocycles. The quantitative estimate of drug-likeness (QED) is 0.00614. The average Bonchev–Trinajstić information content (AvgIpc) is 2.35. The molecule has 5 rings (SSSR count). The molecular weight excluding hydrogens is 1110 g/mol. The summed E-state index contributed by atoms with van der Waals surface area (Å²) in [7, 11) is 2.88. The lowest BCUT2D eigenvalue weighted by Crippen LogP contribution is -2.37. The topological polar surface area (TPSA) is 226 Å². The van der Waals surface area contributed by atoms with Crippen molar-refractivity contribution < 1.29 is 56.4 Å².